The van der Waals surface area contributed by atoms with Gasteiger partial charge in [-0.15, -0.1) is 0 Å². The van der Waals surface area contributed by atoms with Gasteiger partial charge in [0, 0.05) is 26.3 Å². The molecule has 0 radical (unpaired) electrons. The van der Waals surface area contributed by atoms with Crippen LogP contribution in [0, 0.1) is 12.8 Å². The molecule has 0 unspecified atom stereocenters. The molecular formula is C15H24N2O3S. The standard InChI is InChI=1S/C15H24N2O3S/c1-11-7-8-13(9-14(11)17(2)3)21(19,20)16-10-12-5-4-6-15(12)18/h7-9,12,15-16,18H,4-6,10H2,1-3H3/t12-,15-/m0/s1. The average Bonchev–Trinajstić information content (AvgIpc) is 2.82. The smallest absolute Gasteiger partial charge is 0.240 e. The van der Waals surface area contributed by atoms with E-state index in [1.165, 1.54) is 0 Å². The number of aliphatic hydroxyl groups is 1. The number of aryl methyl sites for hydroxylation is 1. The normalized spacial score (nSPS) is 22.5. The number of benzene rings is 1. The van der Waals surface area contributed by atoms with Crippen LogP contribution in [0.1, 0.15) is 24.8 Å². The van der Waals surface area contributed by atoms with E-state index >= 15 is 0 Å². The predicted octanol–water partition coefficient (Wildman–Crippen LogP) is 1.50. The third-order valence-electron chi connectivity index (χ3n) is 4.13. The van der Waals surface area contributed by atoms with Crippen molar-refractivity contribution in [2.75, 3.05) is 25.5 Å². The van der Waals surface area contributed by atoms with Crippen LogP contribution in [-0.4, -0.2) is 40.3 Å². The third kappa shape index (κ3) is 3.75. The van der Waals surface area contributed by atoms with Crippen molar-refractivity contribution in [1.29, 1.82) is 0 Å². The zero-order chi connectivity index (χ0) is 15.6. The molecule has 1 fully saturated rings. The Morgan fingerprint density at radius 1 is 1.33 bits per heavy atom. The molecule has 0 spiro atoms. The van der Waals surface area contributed by atoms with Crippen molar-refractivity contribution in [3.8, 4) is 0 Å². The van der Waals surface area contributed by atoms with E-state index in [0.29, 0.717) is 6.54 Å². The Hall–Kier alpha value is -1.11. The zero-order valence-corrected chi connectivity index (χ0v) is 13.7. The van der Waals surface area contributed by atoms with Crippen LogP contribution in [-0.2, 0) is 10.0 Å². The fourth-order valence-corrected chi connectivity index (χ4v) is 3.91. The van der Waals surface area contributed by atoms with Crippen LogP contribution in [0.3, 0.4) is 0 Å². The van der Waals surface area contributed by atoms with Gasteiger partial charge in [-0.3, -0.25) is 0 Å². The minimum atomic E-state index is -3.53. The molecular weight excluding hydrogens is 288 g/mol. The van der Waals surface area contributed by atoms with E-state index in [9.17, 15) is 13.5 Å². The first-order chi connectivity index (χ1) is 9.81. The summed E-state index contributed by atoms with van der Waals surface area (Å²) in [5.41, 5.74) is 1.92. The molecule has 1 saturated carbocycles. The quantitative estimate of drug-likeness (QED) is 0.864. The van der Waals surface area contributed by atoms with Crippen molar-refractivity contribution in [1.82, 2.24) is 4.72 Å². The molecule has 2 N–H and O–H groups in total. The van der Waals surface area contributed by atoms with Crippen LogP contribution in [0.25, 0.3) is 0 Å². The van der Waals surface area contributed by atoms with E-state index in [2.05, 4.69) is 4.72 Å². The summed E-state index contributed by atoms with van der Waals surface area (Å²) in [5.74, 6) is 0.0264. The zero-order valence-electron chi connectivity index (χ0n) is 12.8. The Kier molecular flexibility index (Phi) is 4.91. The number of nitrogens with zero attached hydrogens (tertiary/aromatic N) is 1. The molecule has 1 aromatic carbocycles. The molecule has 1 aromatic rings. The molecule has 118 valence electrons. The van der Waals surface area contributed by atoms with Crippen LogP contribution in [0.2, 0.25) is 0 Å². The van der Waals surface area contributed by atoms with Gasteiger partial charge in [0.2, 0.25) is 10.0 Å². The van der Waals surface area contributed by atoms with Crippen LogP contribution >= 0.6 is 0 Å². The summed E-state index contributed by atoms with van der Waals surface area (Å²) < 4.78 is 27.4. The highest BCUT2D eigenvalue weighted by Gasteiger charge is 2.27. The molecule has 0 saturated heterocycles. The van der Waals surface area contributed by atoms with Crippen LogP contribution in [0.15, 0.2) is 23.1 Å². The number of nitrogens with one attached hydrogen (secondary N) is 1. The first-order valence-electron chi connectivity index (χ1n) is 7.27. The summed E-state index contributed by atoms with van der Waals surface area (Å²) in [6.07, 6.45) is 2.22. The van der Waals surface area contributed by atoms with E-state index < -0.39 is 10.0 Å². The average molecular weight is 312 g/mol. The summed E-state index contributed by atoms with van der Waals surface area (Å²) in [7, 11) is 0.248. The van der Waals surface area contributed by atoms with Gasteiger partial charge >= 0.3 is 0 Å². The molecule has 2 rings (SSSR count). The molecule has 2 atom stereocenters. The largest absolute Gasteiger partial charge is 0.393 e. The second-order valence-corrected chi connectivity index (χ2v) is 7.72. The summed E-state index contributed by atoms with van der Waals surface area (Å²) in [4.78, 5) is 2.17. The summed E-state index contributed by atoms with van der Waals surface area (Å²) in [5, 5.41) is 9.77. The van der Waals surface area contributed by atoms with E-state index in [-0.39, 0.29) is 16.9 Å². The monoisotopic (exact) mass is 312 g/mol. The lowest BCUT2D eigenvalue weighted by Gasteiger charge is -2.18. The molecule has 0 aliphatic heterocycles. The fraction of sp³-hybridized carbons (Fsp3) is 0.600. The molecule has 1 aliphatic rings. The van der Waals surface area contributed by atoms with Gasteiger partial charge in [-0.2, -0.15) is 0 Å². The first kappa shape index (κ1) is 16.3. The van der Waals surface area contributed by atoms with Crippen LogP contribution in [0.4, 0.5) is 5.69 Å². The lowest BCUT2D eigenvalue weighted by atomic mass is 10.1. The van der Waals surface area contributed by atoms with Crippen molar-refractivity contribution in [2.24, 2.45) is 5.92 Å². The van der Waals surface area contributed by atoms with Gasteiger partial charge in [-0.1, -0.05) is 12.5 Å². The van der Waals surface area contributed by atoms with Gasteiger partial charge in [0.25, 0.3) is 0 Å². The van der Waals surface area contributed by atoms with Gasteiger partial charge in [-0.25, -0.2) is 13.1 Å². The van der Waals surface area contributed by atoms with E-state index in [1.54, 1.807) is 12.1 Å². The molecule has 6 heteroatoms. The SMILES string of the molecule is Cc1ccc(S(=O)(=O)NC[C@@H]2CCC[C@@H]2O)cc1N(C)C. The first-order valence-corrected chi connectivity index (χ1v) is 8.75. The van der Waals surface area contributed by atoms with Gasteiger partial charge in [-0.05, 0) is 43.4 Å². The van der Waals surface area contributed by atoms with Gasteiger partial charge in [0.1, 0.15) is 0 Å². The van der Waals surface area contributed by atoms with Crippen molar-refractivity contribution in [3.05, 3.63) is 23.8 Å². The minimum Gasteiger partial charge on any atom is -0.393 e. The number of hydrogen-bond donors (Lipinski definition) is 2. The number of rotatable bonds is 5. The predicted molar refractivity (Wildman–Crippen MR) is 84.0 cm³/mol. The van der Waals surface area contributed by atoms with E-state index in [4.69, 9.17) is 0 Å². The Morgan fingerprint density at radius 3 is 2.62 bits per heavy atom. The Balaban J connectivity index is 2.14. The second-order valence-electron chi connectivity index (χ2n) is 5.95. The minimum absolute atomic E-state index is 0.0264. The third-order valence-corrected chi connectivity index (χ3v) is 5.55. The lowest BCUT2D eigenvalue weighted by Crippen LogP contribution is -2.32. The summed E-state index contributed by atoms with van der Waals surface area (Å²) in [6, 6.07) is 5.12. The van der Waals surface area contributed by atoms with Crippen LogP contribution in [0.5, 0.6) is 0 Å². The van der Waals surface area contributed by atoms with Crippen molar-refractivity contribution in [3.63, 3.8) is 0 Å². The van der Waals surface area contributed by atoms with Crippen molar-refractivity contribution < 1.29 is 13.5 Å². The van der Waals surface area contributed by atoms with Crippen LogP contribution < -0.4 is 9.62 Å². The van der Waals surface area contributed by atoms with E-state index in [1.807, 2.05) is 32.0 Å². The van der Waals surface area contributed by atoms with Crippen molar-refractivity contribution in [2.45, 2.75) is 37.2 Å². The summed E-state index contributed by atoms with van der Waals surface area (Å²) >= 11 is 0. The molecule has 0 bridgehead atoms. The topological polar surface area (TPSA) is 69.6 Å². The molecule has 0 amide bonds. The Morgan fingerprint density at radius 2 is 2.05 bits per heavy atom. The lowest BCUT2D eigenvalue weighted by molar-refractivity contribution is 0.134. The molecule has 1 aliphatic carbocycles. The molecule has 0 heterocycles. The molecule has 21 heavy (non-hydrogen) atoms. The second kappa shape index (κ2) is 6.34. The van der Waals surface area contributed by atoms with Gasteiger partial charge < -0.3 is 10.0 Å². The van der Waals surface area contributed by atoms with Gasteiger partial charge in [0.05, 0.1) is 11.0 Å². The van der Waals surface area contributed by atoms with Gasteiger partial charge in [0.15, 0.2) is 0 Å². The number of hydrogen-bond acceptors (Lipinski definition) is 4. The highest BCUT2D eigenvalue weighted by atomic mass is 32.2. The van der Waals surface area contributed by atoms with Crippen molar-refractivity contribution >= 4 is 15.7 Å². The van der Waals surface area contributed by atoms with E-state index in [0.717, 1.165) is 30.5 Å². The Labute approximate surface area is 127 Å². The molecule has 5 nitrogen and oxygen atoms in total. The maximum absolute atomic E-state index is 12.4. The summed E-state index contributed by atoms with van der Waals surface area (Å²) in [6.45, 7) is 2.25. The maximum Gasteiger partial charge on any atom is 0.240 e. The fourth-order valence-electron chi connectivity index (χ4n) is 2.79. The number of sulfonamides is 1. The number of aliphatic hydroxyl groups excluding tert-OH is 1. The highest BCUT2D eigenvalue weighted by Crippen LogP contribution is 2.26. The molecule has 0 aromatic heterocycles. The number of anilines is 1. The maximum atomic E-state index is 12.4. The Bertz CT molecular complexity index is 599. The highest BCUT2D eigenvalue weighted by molar-refractivity contribution is 7.89.